The van der Waals surface area contributed by atoms with Gasteiger partial charge in [0.15, 0.2) is 11.5 Å². The molecule has 6 nitrogen and oxygen atoms in total. The molecule has 1 amide bonds. The largest absolute Gasteiger partial charge is 0.504 e. The summed E-state index contributed by atoms with van der Waals surface area (Å²) < 4.78 is 6.94. The first-order chi connectivity index (χ1) is 10.5. The van der Waals surface area contributed by atoms with Crippen LogP contribution in [0.5, 0.6) is 11.5 Å². The molecule has 1 heterocycles. The Bertz CT molecular complexity index is 704. The summed E-state index contributed by atoms with van der Waals surface area (Å²) >= 11 is 0. The molecule has 0 radical (unpaired) electrons. The summed E-state index contributed by atoms with van der Waals surface area (Å²) in [4.78, 5) is 11.9. The third-order valence-electron chi connectivity index (χ3n) is 3.34. The number of phenols is 1. The molecular weight excluding hydrogens is 282 g/mol. The highest BCUT2D eigenvalue weighted by atomic mass is 16.5. The SMILES string of the molecule is COc1cc(/C(C)=N\NC(=O)Cc2cccn2C)ccc1O. The Morgan fingerprint density at radius 2 is 2.18 bits per heavy atom. The molecule has 1 aromatic carbocycles. The zero-order valence-electron chi connectivity index (χ0n) is 12.8. The topological polar surface area (TPSA) is 75.8 Å². The van der Waals surface area contributed by atoms with Crippen molar-refractivity contribution in [1.29, 1.82) is 0 Å². The highest BCUT2D eigenvalue weighted by Crippen LogP contribution is 2.26. The number of nitrogens with one attached hydrogen (secondary N) is 1. The van der Waals surface area contributed by atoms with Crippen molar-refractivity contribution in [2.45, 2.75) is 13.3 Å². The average Bonchev–Trinajstić information content (AvgIpc) is 2.90. The van der Waals surface area contributed by atoms with E-state index < -0.39 is 0 Å². The zero-order valence-corrected chi connectivity index (χ0v) is 12.8. The number of aromatic nitrogens is 1. The van der Waals surface area contributed by atoms with Crippen molar-refractivity contribution in [2.75, 3.05) is 7.11 Å². The predicted octanol–water partition coefficient (Wildman–Crippen LogP) is 1.82. The molecule has 2 rings (SSSR count). The lowest BCUT2D eigenvalue weighted by molar-refractivity contribution is -0.120. The van der Waals surface area contributed by atoms with Crippen LogP contribution in [0.25, 0.3) is 0 Å². The number of carbonyl (C=O) groups is 1. The minimum Gasteiger partial charge on any atom is -0.504 e. The van der Waals surface area contributed by atoms with E-state index in [1.54, 1.807) is 19.1 Å². The van der Waals surface area contributed by atoms with Crippen molar-refractivity contribution in [3.05, 3.63) is 47.8 Å². The van der Waals surface area contributed by atoms with Crippen LogP contribution in [-0.2, 0) is 18.3 Å². The normalized spacial score (nSPS) is 11.3. The molecule has 0 fully saturated rings. The number of nitrogens with zero attached hydrogens (tertiary/aromatic N) is 2. The number of rotatable bonds is 5. The summed E-state index contributed by atoms with van der Waals surface area (Å²) in [6.45, 7) is 1.77. The lowest BCUT2D eigenvalue weighted by atomic mass is 10.1. The van der Waals surface area contributed by atoms with Gasteiger partial charge in [0.05, 0.1) is 19.2 Å². The Hall–Kier alpha value is -2.76. The molecule has 1 aromatic heterocycles. The molecule has 0 atom stereocenters. The number of hydrazone groups is 1. The molecule has 0 saturated heterocycles. The van der Waals surface area contributed by atoms with Gasteiger partial charge in [-0.1, -0.05) is 0 Å². The van der Waals surface area contributed by atoms with Gasteiger partial charge in [0.25, 0.3) is 0 Å². The summed E-state index contributed by atoms with van der Waals surface area (Å²) in [5.41, 5.74) is 4.83. The Morgan fingerprint density at radius 3 is 2.82 bits per heavy atom. The highest BCUT2D eigenvalue weighted by molar-refractivity contribution is 5.99. The average molecular weight is 301 g/mol. The summed E-state index contributed by atoms with van der Waals surface area (Å²) in [6, 6.07) is 8.68. The number of phenolic OH excluding ortho intramolecular Hbond substituents is 1. The van der Waals surface area contributed by atoms with Crippen LogP contribution >= 0.6 is 0 Å². The second-order valence-electron chi connectivity index (χ2n) is 4.91. The molecule has 0 aliphatic heterocycles. The minimum atomic E-state index is -0.188. The molecule has 0 bridgehead atoms. The number of hydrogen-bond donors (Lipinski definition) is 2. The Labute approximate surface area is 129 Å². The molecular formula is C16H19N3O3. The van der Waals surface area contributed by atoms with Gasteiger partial charge in [-0.2, -0.15) is 5.10 Å². The number of amides is 1. The first kappa shape index (κ1) is 15.6. The van der Waals surface area contributed by atoms with E-state index in [-0.39, 0.29) is 18.1 Å². The van der Waals surface area contributed by atoms with E-state index in [0.717, 1.165) is 11.3 Å². The monoisotopic (exact) mass is 301 g/mol. The van der Waals surface area contributed by atoms with Gasteiger partial charge in [-0.3, -0.25) is 4.79 Å². The van der Waals surface area contributed by atoms with Gasteiger partial charge < -0.3 is 14.4 Å². The molecule has 22 heavy (non-hydrogen) atoms. The molecule has 0 aliphatic carbocycles. The van der Waals surface area contributed by atoms with Crippen LogP contribution in [0.4, 0.5) is 0 Å². The van der Waals surface area contributed by atoms with Crippen LogP contribution < -0.4 is 10.2 Å². The maximum Gasteiger partial charge on any atom is 0.246 e. The zero-order chi connectivity index (χ0) is 16.1. The van der Waals surface area contributed by atoms with E-state index in [1.807, 2.05) is 29.9 Å². The molecule has 0 aliphatic rings. The van der Waals surface area contributed by atoms with Gasteiger partial charge in [0.2, 0.25) is 5.91 Å². The first-order valence-corrected chi connectivity index (χ1v) is 6.82. The van der Waals surface area contributed by atoms with E-state index >= 15 is 0 Å². The fourth-order valence-electron chi connectivity index (χ4n) is 2.00. The Kier molecular flexibility index (Phi) is 4.83. The van der Waals surface area contributed by atoms with Gasteiger partial charge >= 0.3 is 0 Å². The number of ether oxygens (including phenoxy) is 1. The molecule has 0 unspecified atom stereocenters. The summed E-state index contributed by atoms with van der Waals surface area (Å²) in [6.07, 6.45) is 2.15. The maximum atomic E-state index is 11.9. The standard InChI is InChI=1S/C16H19N3O3/c1-11(12-6-7-14(20)15(9-12)22-3)17-18-16(21)10-13-5-4-8-19(13)2/h4-9,20H,10H2,1-3H3,(H,18,21)/b17-11-. The van der Waals surface area contributed by atoms with Crippen molar-refractivity contribution in [3.8, 4) is 11.5 Å². The molecule has 6 heteroatoms. The molecule has 0 saturated carbocycles. The Morgan fingerprint density at radius 1 is 1.41 bits per heavy atom. The third-order valence-corrected chi connectivity index (χ3v) is 3.34. The van der Waals surface area contributed by atoms with Gasteiger partial charge in [0.1, 0.15) is 0 Å². The van der Waals surface area contributed by atoms with E-state index in [2.05, 4.69) is 10.5 Å². The summed E-state index contributed by atoms with van der Waals surface area (Å²) in [7, 11) is 3.37. The van der Waals surface area contributed by atoms with Crippen LogP contribution in [0.2, 0.25) is 0 Å². The minimum absolute atomic E-state index is 0.0618. The molecule has 2 aromatic rings. The molecule has 2 N–H and O–H groups in total. The number of methoxy groups -OCH3 is 1. The van der Waals surface area contributed by atoms with Gasteiger partial charge in [-0.25, -0.2) is 5.43 Å². The number of aromatic hydroxyl groups is 1. The smallest absolute Gasteiger partial charge is 0.246 e. The van der Waals surface area contributed by atoms with Gasteiger partial charge in [0, 0.05) is 24.5 Å². The summed E-state index contributed by atoms with van der Waals surface area (Å²) in [5.74, 6) is 0.237. The first-order valence-electron chi connectivity index (χ1n) is 6.82. The fourth-order valence-corrected chi connectivity index (χ4v) is 2.00. The number of aryl methyl sites for hydroxylation is 1. The highest BCUT2D eigenvalue weighted by Gasteiger charge is 2.07. The van der Waals surface area contributed by atoms with E-state index in [9.17, 15) is 9.90 Å². The van der Waals surface area contributed by atoms with E-state index in [1.165, 1.54) is 13.2 Å². The van der Waals surface area contributed by atoms with E-state index in [4.69, 9.17) is 4.74 Å². The van der Waals surface area contributed by atoms with Gasteiger partial charge in [-0.15, -0.1) is 0 Å². The van der Waals surface area contributed by atoms with Crippen LogP contribution in [0, 0.1) is 0 Å². The summed E-state index contributed by atoms with van der Waals surface area (Å²) in [5, 5.41) is 13.6. The lowest BCUT2D eigenvalue weighted by Crippen LogP contribution is -2.22. The van der Waals surface area contributed by atoms with Crippen molar-refractivity contribution in [3.63, 3.8) is 0 Å². The number of carbonyl (C=O) groups excluding carboxylic acids is 1. The predicted molar refractivity (Wildman–Crippen MR) is 84.1 cm³/mol. The number of hydrogen-bond acceptors (Lipinski definition) is 4. The van der Waals surface area contributed by atoms with Crippen molar-refractivity contribution >= 4 is 11.6 Å². The quantitative estimate of drug-likeness (QED) is 0.653. The van der Waals surface area contributed by atoms with Gasteiger partial charge in [-0.05, 0) is 37.3 Å². The lowest BCUT2D eigenvalue weighted by Gasteiger charge is -2.07. The molecule has 0 spiro atoms. The number of benzene rings is 1. The fraction of sp³-hybridized carbons (Fsp3) is 0.250. The third kappa shape index (κ3) is 3.66. The van der Waals surface area contributed by atoms with Crippen LogP contribution in [-0.4, -0.2) is 28.4 Å². The van der Waals surface area contributed by atoms with Crippen LogP contribution in [0.1, 0.15) is 18.2 Å². The van der Waals surface area contributed by atoms with Crippen molar-refractivity contribution in [2.24, 2.45) is 12.1 Å². The Balaban J connectivity index is 2.03. The second kappa shape index (κ2) is 6.80. The maximum absolute atomic E-state index is 11.9. The van der Waals surface area contributed by atoms with E-state index in [0.29, 0.717) is 11.5 Å². The molecule has 116 valence electrons. The van der Waals surface area contributed by atoms with Crippen molar-refractivity contribution in [1.82, 2.24) is 9.99 Å². The van der Waals surface area contributed by atoms with Crippen molar-refractivity contribution < 1.29 is 14.6 Å². The van der Waals surface area contributed by atoms with Crippen LogP contribution in [0.15, 0.2) is 41.6 Å². The van der Waals surface area contributed by atoms with Crippen LogP contribution in [0.3, 0.4) is 0 Å². The second-order valence-corrected chi connectivity index (χ2v) is 4.91.